The van der Waals surface area contributed by atoms with Gasteiger partial charge in [0.15, 0.2) is 18.1 Å². The van der Waals surface area contributed by atoms with Crippen molar-refractivity contribution in [3.63, 3.8) is 0 Å². The van der Waals surface area contributed by atoms with Crippen molar-refractivity contribution in [1.29, 1.82) is 0 Å². The van der Waals surface area contributed by atoms with Crippen LogP contribution >= 0.6 is 34.8 Å². The summed E-state index contributed by atoms with van der Waals surface area (Å²) < 4.78 is 30.8. The Morgan fingerprint density at radius 2 is 0.708 bits per heavy atom. The van der Waals surface area contributed by atoms with E-state index in [0.29, 0.717) is 15.1 Å². The lowest BCUT2D eigenvalue weighted by Crippen LogP contribution is -2.53. The largest absolute Gasteiger partial charge is 0.461 e. The molecular weight excluding hydrogens is 701 g/mol. The summed E-state index contributed by atoms with van der Waals surface area (Å²) >= 11 is 17.5. The van der Waals surface area contributed by atoms with E-state index in [9.17, 15) is 28.8 Å². The normalized spacial score (nSPS) is 18.3. The average Bonchev–Trinajstić information content (AvgIpc) is 3.05. The minimum absolute atomic E-state index is 0.0603. The van der Waals surface area contributed by atoms with Crippen LogP contribution in [0.2, 0.25) is 15.1 Å². The summed E-state index contributed by atoms with van der Waals surface area (Å²) in [5.41, 5.74) is 0. The van der Waals surface area contributed by atoms with Crippen molar-refractivity contribution in [3.8, 4) is 17.2 Å². The number of ether oxygens (including phenoxy) is 6. The van der Waals surface area contributed by atoms with Gasteiger partial charge in [0, 0.05) is 15.1 Å². The number of nitrogens with one attached hydrogen (secondary N) is 3. The first-order valence-corrected chi connectivity index (χ1v) is 14.8. The second-order valence-electron chi connectivity index (χ2n) is 9.51. The van der Waals surface area contributed by atoms with Gasteiger partial charge in [-0.3, -0.25) is 0 Å². The van der Waals surface area contributed by atoms with E-state index in [4.69, 9.17) is 63.2 Å². The standard InChI is InChI=1S/C30H24Cl3N3O12/c31-16-1-7-19(8-2-16)46-28(40)34-22-13-43-26(38)24(36-30(42)48-21-11-5-18(33)6-12-21)15-45-27(39)23(14-44-25(22)37)35-29(41)47-20-9-3-17(32)4-10-20/h1-12,22-24H,13-15H2,(H,34,40)(H,35,41)(H,36,42). The molecule has 0 bridgehead atoms. The number of carbonyl (C=O) groups excluding carboxylic acids is 6. The van der Waals surface area contributed by atoms with Gasteiger partial charge in [-0.1, -0.05) is 34.8 Å². The van der Waals surface area contributed by atoms with Crippen LogP contribution in [0.4, 0.5) is 14.4 Å². The molecule has 3 aromatic rings. The molecule has 3 atom stereocenters. The molecule has 3 amide bonds. The number of halogens is 3. The monoisotopic (exact) mass is 723 g/mol. The fraction of sp³-hybridized carbons (Fsp3) is 0.200. The van der Waals surface area contributed by atoms with Crippen LogP contribution in [0.15, 0.2) is 72.8 Å². The highest BCUT2D eigenvalue weighted by molar-refractivity contribution is 6.31. The van der Waals surface area contributed by atoms with Crippen LogP contribution < -0.4 is 30.2 Å². The zero-order chi connectivity index (χ0) is 34.6. The summed E-state index contributed by atoms with van der Waals surface area (Å²) in [7, 11) is 0. The first kappa shape index (κ1) is 35.6. The lowest BCUT2D eigenvalue weighted by molar-refractivity contribution is -0.160. The third-order valence-corrected chi connectivity index (χ3v) is 6.74. The highest BCUT2D eigenvalue weighted by Gasteiger charge is 2.34. The Morgan fingerprint density at radius 1 is 0.479 bits per heavy atom. The summed E-state index contributed by atoms with van der Waals surface area (Å²) in [5.74, 6) is -3.42. The number of carbonyl (C=O) groups is 6. The van der Waals surface area contributed by atoms with Crippen molar-refractivity contribution < 1.29 is 57.2 Å². The van der Waals surface area contributed by atoms with Crippen molar-refractivity contribution in [1.82, 2.24) is 16.0 Å². The highest BCUT2D eigenvalue weighted by Crippen LogP contribution is 2.18. The van der Waals surface area contributed by atoms with Crippen molar-refractivity contribution in [3.05, 3.63) is 87.9 Å². The average molecular weight is 725 g/mol. The lowest BCUT2D eigenvalue weighted by Gasteiger charge is -2.24. The van der Waals surface area contributed by atoms with Gasteiger partial charge >= 0.3 is 36.2 Å². The molecule has 1 fully saturated rings. The van der Waals surface area contributed by atoms with E-state index in [-0.39, 0.29) is 17.2 Å². The molecule has 0 spiro atoms. The SMILES string of the molecule is O=C(NC1COC(=O)C(NC(=O)Oc2ccc(Cl)cc2)COC(=O)C(NC(=O)Oc2ccc(Cl)cc2)COC1=O)Oc1ccc(Cl)cc1. The van der Waals surface area contributed by atoms with E-state index in [0.717, 1.165) is 0 Å². The Morgan fingerprint density at radius 3 is 0.938 bits per heavy atom. The van der Waals surface area contributed by atoms with Gasteiger partial charge in [0.05, 0.1) is 0 Å². The van der Waals surface area contributed by atoms with E-state index in [1.807, 2.05) is 0 Å². The Labute approximate surface area is 286 Å². The molecule has 4 rings (SSSR count). The summed E-state index contributed by atoms with van der Waals surface area (Å²) in [6, 6.07) is 11.9. The quantitative estimate of drug-likeness (QED) is 0.244. The van der Waals surface area contributed by atoms with E-state index in [1.54, 1.807) is 0 Å². The summed E-state index contributed by atoms with van der Waals surface area (Å²) in [6.07, 6.45) is -3.45. The first-order chi connectivity index (χ1) is 22.9. The number of esters is 3. The minimum Gasteiger partial charge on any atom is -0.461 e. The van der Waals surface area contributed by atoms with Gasteiger partial charge in [-0.25, -0.2) is 28.8 Å². The molecule has 48 heavy (non-hydrogen) atoms. The third-order valence-electron chi connectivity index (χ3n) is 5.98. The van der Waals surface area contributed by atoms with Gasteiger partial charge in [-0.05, 0) is 72.8 Å². The molecule has 18 heteroatoms. The van der Waals surface area contributed by atoms with E-state index in [1.165, 1.54) is 72.8 Å². The fourth-order valence-electron chi connectivity index (χ4n) is 3.65. The second kappa shape index (κ2) is 17.1. The molecule has 0 aliphatic carbocycles. The van der Waals surface area contributed by atoms with Crippen LogP contribution in [0.3, 0.4) is 0 Å². The number of amides is 3. The molecule has 1 heterocycles. The molecule has 0 aromatic heterocycles. The van der Waals surface area contributed by atoms with Crippen LogP contribution in [0.5, 0.6) is 17.2 Å². The molecule has 3 unspecified atom stereocenters. The maximum Gasteiger partial charge on any atom is 0.413 e. The molecule has 15 nitrogen and oxygen atoms in total. The van der Waals surface area contributed by atoms with Crippen LogP contribution in [-0.2, 0) is 28.6 Å². The molecule has 1 aliphatic heterocycles. The highest BCUT2D eigenvalue weighted by atomic mass is 35.5. The van der Waals surface area contributed by atoms with Crippen LogP contribution in [-0.4, -0.2) is 74.1 Å². The second-order valence-corrected chi connectivity index (χ2v) is 10.8. The first-order valence-electron chi connectivity index (χ1n) is 13.7. The number of hydrogen-bond acceptors (Lipinski definition) is 12. The molecule has 0 radical (unpaired) electrons. The lowest BCUT2D eigenvalue weighted by atomic mass is 10.2. The number of hydrogen-bond donors (Lipinski definition) is 3. The predicted octanol–water partition coefficient (Wildman–Crippen LogP) is 4.06. The Kier molecular flexibility index (Phi) is 12.7. The number of rotatable bonds is 6. The molecule has 0 saturated carbocycles. The topological polar surface area (TPSA) is 194 Å². The Bertz CT molecular complexity index is 1450. The maximum atomic E-state index is 13.0. The van der Waals surface area contributed by atoms with Crippen molar-refractivity contribution in [2.75, 3.05) is 19.8 Å². The van der Waals surface area contributed by atoms with Crippen molar-refractivity contribution in [2.45, 2.75) is 18.1 Å². The molecule has 252 valence electrons. The predicted molar refractivity (Wildman–Crippen MR) is 166 cm³/mol. The van der Waals surface area contributed by atoms with Crippen molar-refractivity contribution >= 4 is 71.0 Å². The smallest absolute Gasteiger partial charge is 0.413 e. The fourth-order valence-corrected chi connectivity index (χ4v) is 4.03. The zero-order valence-electron chi connectivity index (χ0n) is 24.3. The van der Waals surface area contributed by atoms with E-state index >= 15 is 0 Å². The molecule has 1 saturated heterocycles. The van der Waals surface area contributed by atoms with Gasteiger partial charge in [-0.15, -0.1) is 0 Å². The van der Waals surface area contributed by atoms with Gasteiger partial charge in [0.1, 0.15) is 37.1 Å². The minimum atomic E-state index is -1.69. The molecule has 3 N–H and O–H groups in total. The summed E-state index contributed by atoms with van der Waals surface area (Å²) in [4.78, 5) is 76.8. The number of benzene rings is 3. The van der Waals surface area contributed by atoms with E-state index in [2.05, 4.69) is 16.0 Å². The Hall–Kier alpha value is -5.25. The van der Waals surface area contributed by atoms with Crippen LogP contribution in [0, 0.1) is 0 Å². The molecule has 1 aliphatic rings. The van der Waals surface area contributed by atoms with Gasteiger partial charge in [-0.2, -0.15) is 0 Å². The van der Waals surface area contributed by atoms with Crippen molar-refractivity contribution in [2.24, 2.45) is 0 Å². The van der Waals surface area contributed by atoms with E-state index < -0.39 is 74.1 Å². The number of cyclic esters (lactones) is 3. The molecule has 3 aromatic carbocycles. The summed E-state index contributed by atoms with van der Waals surface area (Å²) in [5, 5.41) is 7.70. The Balaban J connectivity index is 1.50. The van der Waals surface area contributed by atoms with Crippen LogP contribution in [0.1, 0.15) is 0 Å². The van der Waals surface area contributed by atoms with Gasteiger partial charge in [0.2, 0.25) is 0 Å². The zero-order valence-corrected chi connectivity index (χ0v) is 26.6. The van der Waals surface area contributed by atoms with Gasteiger partial charge < -0.3 is 44.4 Å². The third kappa shape index (κ3) is 11.2. The summed E-state index contributed by atoms with van der Waals surface area (Å²) in [6.45, 7) is -2.45. The van der Waals surface area contributed by atoms with Gasteiger partial charge in [0.25, 0.3) is 0 Å². The molecular formula is C30H24Cl3N3O12. The van der Waals surface area contributed by atoms with Crippen LogP contribution in [0.25, 0.3) is 0 Å². The maximum absolute atomic E-state index is 13.0.